The van der Waals surface area contributed by atoms with E-state index in [0.717, 1.165) is 19.3 Å². The van der Waals surface area contributed by atoms with Crippen LogP contribution in [0.2, 0.25) is 0 Å². The number of aliphatic hydroxyl groups is 1. The number of hydrogen-bond acceptors (Lipinski definition) is 7. The molecule has 0 atom stereocenters. The molecule has 0 spiro atoms. The van der Waals surface area contributed by atoms with E-state index < -0.39 is 34.1 Å². The molecule has 152 valence electrons. The van der Waals surface area contributed by atoms with Crippen molar-refractivity contribution in [3.63, 3.8) is 0 Å². The molecule has 28 heavy (non-hydrogen) atoms. The Bertz CT molecular complexity index is 898. The standard InChI is InChI=1S/C19H24N2O6S/c1-13(20)18(14(2)22)16(23)12-27-19(24)15-8-4-5-9-17(15)28(25,26)21-10-6-3-7-11-21/h4-5,8-9,20,23H,3,6-7,10-12H2,1-2H3/b18-16-,20-13?. The molecule has 1 saturated heterocycles. The van der Waals surface area contributed by atoms with E-state index in [1.54, 1.807) is 0 Å². The predicted octanol–water partition coefficient (Wildman–Crippen LogP) is 2.46. The van der Waals surface area contributed by atoms with Crippen LogP contribution in [0.5, 0.6) is 0 Å². The van der Waals surface area contributed by atoms with Crippen LogP contribution in [0.25, 0.3) is 0 Å². The van der Waals surface area contributed by atoms with Gasteiger partial charge < -0.3 is 15.3 Å². The number of carbonyl (C=O) groups is 2. The summed E-state index contributed by atoms with van der Waals surface area (Å²) in [6, 6.07) is 5.73. The normalized spacial score (nSPS) is 16.2. The number of carbonyl (C=O) groups excluding carboxylic acids is 2. The van der Waals surface area contributed by atoms with E-state index in [9.17, 15) is 23.1 Å². The second-order valence-electron chi connectivity index (χ2n) is 6.54. The van der Waals surface area contributed by atoms with Crippen LogP contribution in [-0.2, 0) is 19.6 Å². The Kier molecular flexibility index (Phi) is 7.09. The molecule has 0 saturated carbocycles. The maximum atomic E-state index is 12.9. The lowest BCUT2D eigenvalue weighted by molar-refractivity contribution is -0.113. The average molecular weight is 408 g/mol. The molecule has 0 aliphatic carbocycles. The highest BCUT2D eigenvalue weighted by Gasteiger charge is 2.30. The van der Waals surface area contributed by atoms with Gasteiger partial charge in [0.15, 0.2) is 5.78 Å². The first-order valence-corrected chi connectivity index (χ1v) is 10.3. The number of esters is 1. The molecule has 0 aromatic heterocycles. The van der Waals surface area contributed by atoms with Gasteiger partial charge in [0, 0.05) is 18.8 Å². The van der Waals surface area contributed by atoms with Gasteiger partial charge in [-0.15, -0.1) is 0 Å². The summed E-state index contributed by atoms with van der Waals surface area (Å²) in [6.07, 6.45) is 2.49. The number of piperidine rings is 1. The van der Waals surface area contributed by atoms with Crippen molar-refractivity contribution in [2.24, 2.45) is 0 Å². The second kappa shape index (κ2) is 9.11. The van der Waals surface area contributed by atoms with E-state index in [1.165, 1.54) is 42.4 Å². The predicted molar refractivity (Wildman–Crippen MR) is 103 cm³/mol. The van der Waals surface area contributed by atoms with Crippen molar-refractivity contribution < 1.29 is 27.9 Å². The monoisotopic (exact) mass is 408 g/mol. The zero-order chi connectivity index (χ0) is 20.9. The Morgan fingerprint density at radius 2 is 1.75 bits per heavy atom. The van der Waals surface area contributed by atoms with Crippen molar-refractivity contribution in [2.75, 3.05) is 19.7 Å². The number of ketones is 1. The van der Waals surface area contributed by atoms with Crippen molar-refractivity contribution in [3.05, 3.63) is 41.2 Å². The van der Waals surface area contributed by atoms with Crippen molar-refractivity contribution in [3.8, 4) is 0 Å². The highest BCUT2D eigenvalue weighted by Crippen LogP contribution is 2.24. The van der Waals surface area contributed by atoms with Gasteiger partial charge in [0.25, 0.3) is 0 Å². The third-order valence-electron chi connectivity index (χ3n) is 4.40. The van der Waals surface area contributed by atoms with Gasteiger partial charge >= 0.3 is 5.97 Å². The van der Waals surface area contributed by atoms with Gasteiger partial charge in [0.2, 0.25) is 10.0 Å². The van der Waals surface area contributed by atoms with Gasteiger partial charge in [-0.25, -0.2) is 13.2 Å². The highest BCUT2D eigenvalue weighted by atomic mass is 32.2. The van der Waals surface area contributed by atoms with E-state index in [2.05, 4.69) is 0 Å². The maximum absolute atomic E-state index is 12.9. The molecule has 0 amide bonds. The van der Waals surface area contributed by atoms with Gasteiger partial charge in [-0.05, 0) is 38.8 Å². The zero-order valence-electron chi connectivity index (χ0n) is 15.9. The number of Topliss-reactive ketones (excluding diaryl/α,β-unsaturated/α-hetero) is 1. The largest absolute Gasteiger partial charge is 0.508 e. The minimum absolute atomic E-state index is 0.142. The molecule has 0 unspecified atom stereocenters. The van der Waals surface area contributed by atoms with Crippen LogP contribution < -0.4 is 0 Å². The topological polar surface area (TPSA) is 125 Å². The second-order valence-corrected chi connectivity index (χ2v) is 8.45. The molecule has 1 heterocycles. The van der Waals surface area contributed by atoms with Crippen LogP contribution in [0.15, 0.2) is 40.5 Å². The van der Waals surface area contributed by atoms with Crippen molar-refractivity contribution in [1.82, 2.24) is 4.31 Å². The molecule has 8 nitrogen and oxygen atoms in total. The number of nitrogens with zero attached hydrogens (tertiary/aromatic N) is 1. The van der Waals surface area contributed by atoms with Crippen LogP contribution >= 0.6 is 0 Å². The quantitative estimate of drug-likeness (QED) is 0.309. The highest BCUT2D eigenvalue weighted by molar-refractivity contribution is 7.89. The molecule has 2 N–H and O–H groups in total. The summed E-state index contributed by atoms with van der Waals surface area (Å²) in [5.74, 6) is -2.02. The molecule has 0 bridgehead atoms. The molecular weight excluding hydrogens is 384 g/mol. The van der Waals surface area contributed by atoms with E-state index in [-0.39, 0.29) is 21.7 Å². The first-order chi connectivity index (χ1) is 13.2. The van der Waals surface area contributed by atoms with Crippen molar-refractivity contribution in [1.29, 1.82) is 5.41 Å². The number of hydrogen-bond donors (Lipinski definition) is 2. The van der Waals surface area contributed by atoms with E-state index in [1.807, 2.05) is 0 Å². The van der Waals surface area contributed by atoms with Crippen molar-refractivity contribution >= 4 is 27.5 Å². The molecule has 1 aromatic rings. The molecule has 1 aliphatic heterocycles. The number of sulfonamides is 1. The lowest BCUT2D eigenvalue weighted by Gasteiger charge is -2.26. The Morgan fingerprint density at radius 3 is 2.32 bits per heavy atom. The molecule has 1 aliphatic rings. The summed E-state index contributed by atoms with van der Waals surface area (Å²) >= 11 is 0. The fraction of sp³-hybridized carbons (Fsp3) is 0.421. The lowest BCUT2D eigenvalue weighted by atomic mass is 10.1. The minimum atomic E-state index is -3.85. The molecule has 0 radical (unpaired) electrons. The Labute approximate surface area is 164 Å². The SMILES string of the molecule is CC(=N)/C(C(C)=O)=C(/O)COC(=O)c1ccccc1S(=O)(=O)N1CCCCC1. The summed E-state index contributed by atoms with van der Waals surface area (Å²) in [7, 11) is -3.85. The van der Waals surface area contributed by atoms with E-state index >= 15 is 0 Å². The minimum Gasteiger partial charge on any atom is -0.508 e. The Morgan fingerprint density at radius 1 is 1.14 bits per heavy atom. The van der Waals surface area contributed by atoms with Crippen LogP contribution in [0.1, 0.15) is 43.5 Å². The third kappa shape index (κ3) is 4.85. The van der Waals surface area contributed by atoms with E-state index in [0.29, 0.717) is 13.1 Å². The number of rotatable bonds is 7. The van der Waals surface area contributed by atoms with Gasteiger partial charge in [-0.1, -0.05) is 18.6 Å². The number of ether oxygens (including phenoxy) is 1. The molecule has 1 aromatic carbocycles. The van der Waals surface area contributed by atoms with Crippen LogP contribution in [-0.4, -0.2) is 55.0 Å². The lowest BCUT2D eigenvalue weighted by Crippen LogP contribution is -2.36. The van der Waals surface area contributed by atoms with Crippen LogP contribution in [0.4, 0.5) is 0 Å². The Hall–Kier alpha value is -2.52. The van der Waals surface area contributed by atoms with Gasteiger partial charge in [-0.2, -0.15) is 4.31 Å². The summed E-state index contributed by atoms with van der Waals surface area (Å²) in [5, 5.41) is 17.5. The fourth-order valence-corrected chi connectivity index (χ4v) is 4.77. The molecular formula is C19H24N2O6S. The number of allylic oxidation sites excluding steroid dienone is 1. The first-order valence-electron chi connectivity index (χ1n) is 8.91. The summed E-state index contributed by atoms with van der Waals surface area (Å²) in [4.78, 5) is 23.8. The zero-order valence-corrected chi connectivity index (χ0v) is 16.7. The van der Waals surface area contributed by atoms with E-state index in [4.69, 9.17) is 10.1 Å². The number of nitrogens with one attached hydrogen (secondary N) is 1. The summed E-state index contributed by atoms with van der Waals surface area (Å²) in [5.41, 5.74) is -0.534. The first kappa shape index (κ1) is 21.8. The smallest absolute Gasteiger partial charge is 0.339 e. The molecule has 1 fully saturated rings. The van der Waals surface area contributed by atoms with Gasteiger partial charge in [0.1, 0.15) is 12.4 Å². The number of benzene rings is 1. The maximum Gasteiger partial charge on any atom is 0.339 e. The molecule has 9 heteroatoms. The third-order valence-corrected chi connectivity index (χ3v) is 6.35. The summed E-state index contributed by atoms with van der Waals surface area (Å²) < 4.78 is 32.2. The van der Waals surface area contributed by atoms with Crippen molar-refractivity contribution in [2.45, 2.75) is 38.0 Å². The fourth-order valence-electron chi connectivity index (χ4n) is 3.07. The Balaban J connectivity index is 2.27. The van der Waals surface area contributed by atoms with Crippen LogP contribution in [0.3, 0.4) is 0 Å². The average Bonchev–Trinajstić information content (AvgIpc) is 2.66. The van der Waals surface area contributed by atoms with Crippen LogP contribution in [0, 0.1) is 5.41 Å². The number of aliphatic hydroxyl groups excluding tert-OH is 1. The van der Waals surface area contributed by atoms with Gasteiger partial charge in [0.05, 0.1) is 16.0 Å². The summed E-state index contributed by atoms with van der Waals surface area (Å²) in [6.45, 7) is 2.68. The molecule has 2 rings (SSSR count). The van der Waals surface area contributed by atoms with Gasteiger partial charge in [-0.3, -0.25) is 4.79 Å².